The number of hydrogen-bond donors (Lipinski definition) is 1. The molecule has 1 aliphatic rings. The van der Waals surface area contributed by atoms with E-state index in [2.05, 4.69) is 15.9 Å². The molecule has 1 N–H and O–H groups in total. The minimum atomic E-state index is -4.74. The monoisotopic (exact) mass is 495 g/mol. The topological polar surface area (TPSA) is 101 Å². The number of rotatable bonds is 10. The van der Waals surface area contributed by atoms with E-state index in [9.17, 15) is 36.3 Å². The molecule has 0 saturated carbocycles. The maximum atomic E-state index is 12.5. The summed E-state index contributed by atoms with van der Waals surface area (Å²) in [4.78, 5) is 23.7. The van der Waals surface area contributed by atoms with Crippen molar-refractivity contribution < 1.29 is 41.0 Å². The first kappa shape index (κ1) is 25.2. The maximum Gasteiger partial charge on any atom is 0.421 e. The summed E-state index contributed by atoms with van der Waals surface area (Å²) in [5.41, 5.74) is 0. The highest BCUT2D eigenvalue weighted by molar-refractivity contribution is 9.09. The van der Waals surface area contributed by atoms with Crippen LogP contribution >= 0.6 is 15.9 Å². The van der Waals surface area contributed by atoms with Crippen LogP contribution in [0.5, 0.6) is 0 Å². The van der Waals surface area contributed by atoms with Gasteiger partial charge in [-0.05, 0) is 18.8 Å². The third kappa shape index (κ3) is 6.87. The lowest BCUT2D eigenvalue weighted by Gasteiger charge is -2.32. The second-order valence-corrected chi connectivity index (χ2v) is 9.40. The van der Waals surface area contributed by atoms with E-state index in [1.54, 1.807) is 6.92 Å². The quantitative estimate of drug-likeness (QED) is 0.465. The van der Waals surface area contributed by atoms with Crippen molar-refractivity contribution in [2.24, 2.45) is 5.92 Å². The second-order valence-electron chi connectivity index (χ2n) is 6.88. The first-order valence-corrected chi connectivity index (χ1v) is 11.6. The Morgan fingerprint density at radius 2 is 1.96 bits per heavy atom. The van der Waals surface area contributed by atoms with Gasteiger partial charge in [-0.1, -0.05) is 42.6 Å². The normalized spacial score (nSPS) is 24.1. The number of nitrogens with zero attached hydrogens (tertiary/aromatic N) is 1. The molecule has 1 aliphatic heterocycles. The van der Waals surface area contributed by atoms with Crippen LogP contribution in [0.1, 0.15) is 46.0 Å². The van der Waals surface area contributed by atoms with Gasteiger partial charge < -0.3 is 9.84 Å². The van der Waals surface area contributed by atoms with Crippen LogP contribution in [-0.4, -0.2) is 65.2 Å². The Labute approximate surface area is 170 Å². The maximum absolute atomic E-state index is 12.5. The van der Waals surface area contributed by atoms with Crippen LogP contribution < -0.4 is 0 Å². The summed E-state index contributed by atoms with van der Waals surface area (Å²) in [5.74, 6) is -1.89. The Hall–Kier alpha value is -0.880. The summed E-state index contributed by atoms with van der Waals surface area (Å²) >= 11 is 3.04. The Morgan fingerprint density at radius 1 is 1.36 bits per heavy atom. The molecule has 4 unspecified atom stereocenters. The molecule has 0 spiro atoms. The first-order valence-electron chi connectivity index (χ1n) is 8.90. The van der Waals surface area contributed by atoms with Gasteiger partial charge in [-0.25, -0.2) is 13.2 Å². The number of carboxylic acid groups (broad SMARTS) is 1. The van der Waals surface area contributed by atoms with Crippen molar-refractivity contribution in [2.45, 2.75) is 70.4 Å². The number of amides is 1. The summed E-state index contributed by atoms with van der Waals surface area (Å²) < 4.78 is 68.2. The van der Waals surface area contributed by atoms with Crippen molar-refractivity contribution in [3.05, 3.63) is 0 Å². The lowest BCUT2D eigenvalue weighted by molar-refractivity contribution is -0.131. The molecular weight excluding hydrogens is 471 g/mol. The number of ether oxygens (including phenoxy) is 1. The third-order valence-electron chi connectivity index (χ3n) is 4.61. The van der Waals surface area contributed by atoms with Gasteiger partial charge in [-0.3, -0.25) is 4.79 Å². The van der Waals surface area contributed by atoms with Crippen molar-refractivity contribution in [2.75, 3.05) is 11.1 Å². The van der Waals surface area contributed by atoms with Crippen LogP contribution in [0.15, 0.2) is 0 Å². The number of hydrogen-bond acceptors (Lipinski definition) is 5. The molecule has 28 heavy (non-hydrogen) atoms. The van der Waals surface area contributed by atoms with E-state index < -0.39 is 52.7 Å². The fourth-order valence-corrected chi connectivity index (χ4v) is 5.16. The van der Waals surface area contributed by atoms with Gasteiger partial charge in [0.2, 0.25) is 10.0 Å². The molecule has 0 aromatic carbocycles. The molecule has 0 aliphatic carbocycles. The second kappa shape index (κ2) is 10.2. The minimum Gasteiger partial charge on any atom is -0.464 e. The van der Waals surface area contributed by atoms with Gasteiger partial charge in [0.15, 0.2) is 5.78 Å². The zero-order valence-corrected chi connectivity index (χ0v) is 18.0. The Bertz CT molecular complexity index is 657. The molecule has 1 fully saturated rings. The fraction of sp³-hybridized carbons (Fsp3) is 0.875. The van der Waals surface area contributed by atoms with Crippen LogP contribution in [0, 0.1) is 5.92 Å². The van der Waals surface area contributed by atoms with E-state index in [4.69, 9.17) is 4.74 Å². The predicted octanol–water partition coefficient (Wildman–Crippen LogP) is 3.57. The van der Waals surface area contributed by atoms with Crippen LogP contribution in [0.3, 0.4) is 0 Å². The lowest BCUT2D eigenvalue weighted by Crippen LogP contribution is -2.51. The van der Waals surface area contributed by atoms with Crippen LogP contribution in [0.25, 0.3) is 0 Å². The average molecular weight is 496 g/mol. The first-order chi connectivity index (χ1) is 12.8. The van der Waals surface area contributed by atoms with Crippen molar-refractivity contribution in [3.63, 3.8) is 0 Å². The molecule has 164 valence electrons. The van der Waals surface area contributed by atoms with Gasteiger partial charge in [-0.2, -0.15) is 17.5 Å². The standard InChI is InChI=1S/C16H25BrF3NO6S/c1-3-4-5-11(13-8-10(2)14(27-13)12(22)9-17)21(15(23)24)28(25,26)7-6-16(18,19)20/h10-11,13-14H,3-9H2,1-2H3,(H,23,24). The number of Topliss-reactive ketones (excluding diaryl/α,β-unsaturated/α-hetero) is 1. The van der Waals surface area contributed by atoms with E-state index in [-0.39, 0.29) is 34.2 Å². The number of alkyl halides is 4. The Morgan fingerprint density at radius 3 is 2.43 bits per heavy atom. The summed E-state index contributed by atoms with van der Waals surface area (Å²) in [5, 5.41) is 9.52. The number of ketones is 1. The minimum absolute atomic E-state index is 0.0287. The van der Waals surface area contributed by atoms with Gasteiger partial charge in [-0.15, -0.1) is 0 Å². The SMILES string of the molecule is CCCCC(C1CC(C)C(C(=O)CBr)O1)N(C(=O)O)S(=O)(=O)CCC(F)(F)F. The summed E-state index contributed by atoms with van der Waals surface area (Å²) in [7, 11) is -4.74. The third-order valence-corrected chi connectivity index (χ3v) is 6.91. The number of halogens is 4. The van der Waals surface area contributed by atoms with Gasteiger partial charge in [0.25, 0.3) is 0 Å². The highest BCUT2D eigenvalue weighted by Gasteiger charge is 2.46. The van der Waals surface area contributed by atoms with E-state index in [0.29, 0.717) is 12.8 Å². The van der Waals surface area contributed by atoms with Gasteiger partial charge >= 0.3 is 12.3 Å². The largest absolute Gasteiger partial charge is 0.464 e. The molecule has 7 nitrogen and oxygen atoms in total. The number of carbonyl (C=O) groups excluding carboxylic acids is 1. The molecule has 12 heteroatoms. The fourth-order valence-electron chi connectivity index (χ4n) is 3.26. The molecule has 0 radical (unpaired) electrons. The number of carbonyl (C=O) groups is 2. The number of unbranched alkanes of at least 4 members (excludes halogenated alkanes) is 1. The van der Waals surface area contributed by atoms with Crippen LogP contribution in [-0.2, 0) is 19.6 Å². The van der Waals surface area contributed by atoms with Crippen molar-refractivity contribution in [1.82, 2.24) is 4.31 Å². The van der Waals surface area contributed by atoms with Gasteiger partial charge in [0, 0.05) is 0 Å². The van der Waals surface area contributed by atoms with Crippen molar-refractivity contribution in [1.29, 1.82) is 0 Å². The van der Waals surface area contributed by atoms with Gasteiger partial charge in [0.05, 0.1) is 29.6 Å². The molecule has 0 aromatic rings. The van der Waals surface area contributed by atoms with E-state index >= 15 is 0 Å². The highest BCUT2D eigenvalue weighted by atomic mass is 79.9. The van der Waals surface area contributed by atoms with Crippen molar-refractivity contribution >= 4 is 37.8 Å². The van der Waals surface area contributed by atoms with Crippen LogP contribution in [0.2, 0.25) is 0 Å². The summed E-state index contributed by atoms with van der Waals surface area (Å²) in [6.45, 7) is 3.54. The molecular formula is C16H25BrF3NO6S. The Kier molecular flexibility index (Phi) is 9.20. The molecule has 1 saturated heterocycles. The Balaban J connectivity index is 3.16. The summed E-state index contributed by atoms with van der Waals surface area (Å²) in [6.07, 6.45) is -8.54. The average Bonchev–Trinajstić information content (AvgIpc) is 2.96. The highest BCUT2D eigenvalue weighted by Crippen LogP contribution is 2.34. The smallest absolute Gasteiger partial charge is 0.421 e. The van der Waals surface area contributed by atoms with Crippen molar-refractivity contribution in [3.8, 4) is 0 Å². The van der Waals surface area contributed by atoms with Gasteiger partial charge in [0.1, 0.15) is 6.10 Å². The molecule has 1 amide bonds. The lowest BCUT2D eigenvalue weighted by atomic mass is 9.95. The molecule has 0 aromatic heterocycles. The molecule has 1 rings (SSSR count). The molecule has 1 heterocycles. The number of sulfonamides is 1. The zero-order valence-electron chi connectivity index (χ0n) is 15.6. The van der Waals surface area contributed by atoms with E-state index in [0.717, 1.165) is 0 Å². The zero-order chi connectivity index (χ0) is 21.7. The van der Waals surface area contributed by atoms with E-state index in [1.165, 1.54) is 0 Å². The molecule has 4 atom stereocenters. The van der Waals surface area contributed by atoms with Crippen LogP contribution in [0.4, 0.5) is 18.0 Å². The van der Waals surface area contributed by atoms with E-state index in [1.807, 2.05) is 6.92 Å². The predicted molar refractivity (Wildman–Crippen MR) is 98.9 cm³/mol. The summed E-state index contributed by atoms with van der Waals surface area (Å²) in [6, 6.07) is -1.19. The molecule has 0 bridgehead atoms.